The maximum atomic E-state index is 9.27. The summed E-state index contributed by atoms with van der Waals surface area (Å²) in [4.78, 5) is 0. The number of hydrogen-bond acceptors (Lipinski definition) is 3. The molecule has 1 N–H and O–H groups in total. The van der Waals surface area contributed by atoms with Crippen molar-refractivity contribution in [2.45, 2.75) is 52.6 Å². The standard InChI is InChI=1S/C13H21ClN4/c1-6-16-13(5,8-15)7-9(2)18-11(4)12(14)10(3)17-18/h9,16H,6-7H2,1-5H3. The third-order valence-electron chi connectivity index (χ3n) is 3.17. The molecule has 0 amide bonds. The summed E-state index contributed by atoms with van der Waals surface area (Å²) in [6.45, 7) is 10.6. The second-order valence-corrected chi connectivity index (χ2v) is 5.33. The van der Waals surface area contributed by atoms with Crippen LogP contribution in [0.2, 0.25) is 5.02 Å². The van der Waals surface area contributed by atoms with Crippen LogP contribution in [-0.2, 0) is 0 Å². The average Bonchev–Trinajstić information content (AvgIpc) is 2.57. The Labute approximate surface area is 114 Å². The van der Waals surface area contributed by atoms with Gasteiger partial charge in [-0.1, -0.05) is 18.5 Å². The van der Waals surface area contributed by atoms with Gasteiger partial charge in [0.25, 0.3) is 0 Å². The van der Waals surface area contributed by atoms with Gasteiger partial charge in [0.2, 0.25) is 0 Å². The van der Waals surface area contributed by atoms with Gasteiger partial charge < -0.3 is 0 Å². The van der Waals surface area contributed by atoms with E-state index in [-0.39, 0.29) is 6.04 Å². The zero-order chi connectivity index (χ0) is 13.9. The zero-order valence-corrected chi connectivity index (χ0v) is 12.5. The third-order valence-corrected chi connectivity index (χ3v) is 3.72. The van der Waals surface area contributed by atoms with Gasteiger partial charge >= 0.3 is 0 Å². The molecule has 100 valence electrons. The lowest BCUT2D eigenvalue weighted by Crippen LogP contribution is -2.42. The van der Waals surface area contributed by atoms with Gasteiger partial charge in [0.1, 0.15) is 5.54 Å². The van der Waals surface area contributed by atoms with Gasteiger partial charge in [-0.05, 0) is 34.2 Å². The van der Waals surface area contributed by atoms with Crippen molar-refractivity contribution in [1.82, 2.24) is 15.1 Å². The molecule has 0 saturated heterocycles. The maximum Gasteiger partial charge on any atom is 0.105 e. The molecule has 0 aliphatic rings. The van der Waals surface area contributed by atoms with Crippen LogP contribution in [0.15, 0.2) is 0 Å². The maximum absolute atomic E-state index is 9.27. The van der Waals surface area contributed by atoms with Gasteiger partial charge in [-0.3, -0.25) is 10.00 Å². The Kier molecular flexibility index (Phi) is 4.78. The van der Waals surface area contributed by atoms with Crippen LogP contribution in [0.4, 0.5) is 0 Å². The SMILES string of the molecule is CCNC(C)(C#N)CC(C)n1nc(C)c(Cl)c1C. The lowest BCUT2D eigenvalue weighted by Gasteiger charge is -2.26. The van der Waals surface area contributed by atoms with Gasteiger partial charge in [0.05, 0.1) is 28.5 Å². The lowest BCUT2D eigenvalue weighted by molar-refractivity contribution is 0.334. The summed E-state index contributed by atoms with van der Waals surface area (Å²) in [7, 11) is 0. The summed E-state index contributed by atoms with van der Waals surface area (Å²) >= 11 is 6.14. The monoisotopic (exact) mass is 268 g/mol. The predicted molar refractivity (Wildman–Crippen MR) is 73.7 cm³/mol. The summed E-state index contributed by atoms with van der Waals surface area (Å²) in [6, 6.07) is 2.46. The molecule has 0 aromatic carbocycles. The molecule has 0 radical (unpaired) electrons. The Bertz CT molecular complexity index is 460. The van der Waals surface area contributed by atoms with E-state index >= 15 is 0 Å². The minimum absolute atomic E-state index is 0.125. The molecule has 4 nitrogen and oxygen atoms in total. The summed E-state index contributed by atoms with van der Waals surface area (Å²) in [5, 5.41) is 17.6. The van der Waals surface area contributed by atoms with Crippen molar-refractivity contribution in [3.05, 3.63) is 16.4 Å². The van der Waals surface area contributed by atoms with Crippen molar-refractivity contribution in [3.63, 3.8) is 0 Å². The fourth-order valence-corrected chi connectivity index (χ4v) is 2.42. The third kappa shape index (κ3) is 3.04. The first-order valence-electron chi connectivity index (χ1n) is 6.22. The van der Waals surface area contributed by atoms with E-state index in [1.54, 1.807) is 0 Å². The first-order chi connectivity index (χ1) is 8.34. The van der Waals surface area contributed by atoms with Crippen molar-refractivity contribution in [1.29, 1.82) is 5.26 Å². The molecule has 0 fully saturated rings. The highest BCUT2D eigenvalue weighted by Gasteiger charge is 2.27. The molecular weight excluding hydrogens is 248 g/mol. The minimum Gasteiger partial charge on any atom is -0.300 e. The summed E-state index contributed by atoms with van der Waals surface area (Å²) in [5.74, 6) is 0. The first kappa shape index (κ1) is 15.0. The lowest BCUT2D eigenvalue weighted by atomic mass is 9.95. The molecule has 0 bridgehead atoms. The Morgan fingerprint density at radius 3 is 2.56 bits per heavy atom. The zero-order valence-electron chi connectivity index (χ0n) is 11.7. The van der Waals surface area contributed by atoms with Crippen LogP contribution in [0.1, 0.15) is 44.6 Å². The van der Waals surface area contributed by atoms with Crippen molar-refractivity contribution < 1.29 is 0 Å². The second kappa shape index (κ2) is 5.73. The van der Waals surface area contributed by atoms with Crippen LogP contribution >= 0.6 is 11.6 Å². The molecule has 0 saturated carbocycles. The summed E-state index contributed by atoms with van der Waals surface area (Å²) in [6.07, 6.45) is 0.690. The number of halogens is 1. The van der Waals surface area contributed by atoms with Gasteiger partial charge in [0, 0.05) is 6.42 Å². The van der Waals surface area contributed by atoms with Crippen molar-refractivity contribution >= 4 is 11.6 Å². The Balaban J connectivity index is 2.91. The van der Waals surface area contributed by atoms with Crippen LogP contribution in [0, 0.1) is 25.2 Å². The second-order valence-electron chi connectivity index (χ2n) is 4.96. The smallest absolute Gasteiger partial charge is 0.105 e. The van der Waals surface area contributed by atoms with E-state index in [9.17, 15) is 5.26 Å². The van der Waals surface area contributed by atoms with Gasteiger partial charge in [-0.15, -0.1) is 0 Å². The topological polar surface area (TPSA) is 53.6 Å². The molecule has 1 aromatic rings. The number of hydrogen-bond donors (Lipinski definition) is 1. The Morgan fingerprint density at radius 1 is 1.56 bits per heavy atom. The molecule has 2 atom stereocenters. The quantitative estimate of drug-likeness (QED) is 0.893. The first-order valence-corrected chi connectivity index (χ1v) is 6.60. The van der Waals surface area contributed by atoms with E-state index in [0.717, 1.165) is 17.9 Å². The molecule has 1 rings (SSSR count). The summed E-state index contributed by atoms with van der Waals surface area (Å²) < 4.78 is 1.91. The number of nitriles is 1. The van der Waals surface area contributed by atoms with E-state index < -0.39 is 5.54 Å². The highest BCUT2D eigenvalue weighted by atomic mass is 35.5. The highest BCUT2D eigenvalue weighted by Crippen LogP contribution is 2.26. The molecule has 2 unspecified atom stereocenters. The van der Waals surface area contributed by atoms with Crippen LogP contribution < -0.4 is 5.32 Å². The number of rotatable bonds is 5. The fraction of sp³-hybridized carbons (Fsp3) is 0.692. The average molecular weight is 269 g/mol. The number of nitrogens with one attached hydrogen (secondary N) is 1. The van der Waals surface area contributed by atoms with Crippen LogP contribution in [-0.4, -0.2) is 21.9 Å². The molecular formula is C13H21ClN4. The Hall–Kier alpha value is -1.05. The van der Waals surface area contributed by atoms with Crippen molar-refractivity contribution in [2.75, 3.05) is 6.54 Å². The molecule has 0 spiro atoms. The van der Waals surface area contributed by atoms with E-state index in [1.807, 2.05) is 32.4 Å². The van der Waals surface area contributed by atoms with Crippen molar-refractivity contribution in [3.8, 4) is 6.07 Å². The van der Waals surface area contributed by atoms with Gasteiger partial charge in [-0.25, -0.2) is 0 Å². The number of nitrogens with zero attached hydrogens (tertiary/aromatic N) is 3. The van der Waals surface area contributed by atoms with E-state index in [0.29, 0.717) is 11.4 Å². The van der Waals surface area contributed by atoms with Crippen LogP contribution in [0.3, 0.4) is 0 Å². The molecule has 1 aromatic heterocycles. The van der Waals surface area contributed by atoms with Crippen molar-refractivity contribution in [2.24, 2.45) is 0 Å². The molecule has 5 heteroatoms. The number of aromatic nitrogens is 2. The molecule has 0 aliphatic carbocycles. The van der Waals surface area contributed by atoms with E-state index in [2.05, 4.69) is 23.4 Å². The van der Waals surface area contributed by atoms with E-state index in [4.69, 9.17) is 11.6 Å². The largest absolute Gasteiger partial charge is 0.300 e. The van der Waals surface area contributed by atoms with Crippen LogP contribution in [0.5, 0.6) is 0 Å². The van der Waals surface area contributed by atoms with Crippen LogP contribution in [0.25, 0.3) is 0 Å². The molecule has 0 aliphatic heterocycles. The normalized spacial score (nSPS) is 16.1. The number of aryl methyl sites for hydroxylation is 1. The Morgan fingerprint density at radius 2 is 2.17 bits per heavy atom. The van der Waals surface area contributed by atoms with Gasteiger partial charge in [-0.2, -0.15) is 10.4 Å². The predicted octanol–water partition coefficient (Wildman–Crippen LogP) is 3.00. The minimum atomic E-state index is -0.535. The van der Waals surface area contributed by atoms with E-state index in [1.165, 1.54) is 0 Å². The molecule has 18 heavy (non-hydrogen) atoms. The molecule has 1 heterocycles. The highest BCUT2D eigenvalue weighted by molar-refractivity contribution is 6.31. The van der Waals surface area contributed by atoms with Gasteiger partial charge in [0.15, 0.2) is 0 Å². The fourth-order valence-electron chi connectivity index (χ4n) is 2.30. The summed E-state index contributed by atoms with van der Waals surface area (Å²) in [5.41, 5.74) is 1.26.